The van der Waals surface area contributed by atoms with E-state index in [2.05, 4.69) is 24.5 Å². The maximum Gasteiger partial charge on any atom is 0.238 e. The number of alkyl halides is 1. The van der Waals surface area contributed by atoms with Crippen LogP contribution in [0.4, 0.5) is 0 Å². The fourth-order valence-corrected chi connectivity index (χ4v) is 2.39. The first-order chi connectivity index (χ1) is 6.08. The van der Waals surface area contributed by atoms with Crippen molar-refractivity contribution in [1.29, 1.82) is 0 Å². The number of thioether (sulfide) groups is 1. The number of rotatable bonds is 3. The van der Waals surface area contributed by atoms with E-state index in [1.54, 1.807) is 11.8 Å². The maximum atomic E-state index is 11.6. The number of hydrogen-bond acceptors (Lipinski definition) is 3. The van der Waals surface area contributed by atoms with Crippen LogP contribution < -0.4 is 10.6 Å². The van der Waals surface area contributed by atoms with Gasteiger partial charge in [0, 0.05) is 23.0 Å². The summed E-state index contributed by atoms with van der Waals surface area (Å²) >= 11 is 7.25. The highest BCUT2D eigenvalue weighted by atomic mass is 35.5. The van der Waals surface area contributed by atoms with Gasteiger partial charge in [-0.05, 0) is 13.8 Å². The van der Waals surface area contributed by atoms with Crippen LogP contribution in [-0.4, -0.2) is 35.0 Å². The summed E-state index contributed by atoms with van der Waals surface area (Å²) in [5.41, 5.74) is 0. The van der Waals surface area contributed by atoms with Gasteiger partial charge in [0.2, 0.25) is 5.91 Å². The Morgan fingerprint density at radius 1 is 1.77 bits per heavy atom. The van der Waals surface area contributed by atoms with E-state index in [-0.39, 0.29) is 16.7 Å². The van der Waals surface area contributed by atoms with Gasteiger partial charge in [0.1, 0.15) is 6.04 Å². The molecule has 1 rings (SSSR count). The van der Waals surface area contributed by atoms with E-state index in [1.807, 2.05) is 0 Å². The number of amides is 1. The Morgan fingerprint density at radius 2 is 2.46 bits per heavy atom. The van der Waals surface area contributed by atoms with E-state index >= 15 is 0 Å². The van der Waals surface area contributed by atoms with E-state index < -0.39 is 0 Å². The molecular formula is C8H15ClN2OS. The molecule has 1 heterocycles. The molecule has 13 heavy (non-hydrogen) atoms. The standard InChI is InChI=1S/C8H15ClN2OS/c1-8(2)6(11-5-13-8)7(12)10-4-3-9/h6,11H,3-5H2,1-2H3,(H,10,12)/t6-/m1/s1. The van der Waals surface area contributed by atoms with E-state index in [1.165, 1.54) is 0 Å². The third-order valence-corrected chi connectivity index (χ3v) is 3.56. The van der Waals surface area contributed by atoms with Gasteiger partial charge < -0.3 is 5.32 Å². The SMILES string of the molecule is CC1(C)SCN[C@@H]1C(=O)NCCCl. The summed E-state index contributed by atoms with van der Waals surface area (Å²) in [5.74, 6) is 1.36. The van der Waals surface area contributed by atoms with Crippen LogP contribution in [0.1, 0.15) is 13.8 Å². The highest BCUT2D eigenvalue weighted by Gasteiger charge is 2.39. The van der Waals surface area contributed by atoms with Crippen molar-refractivity contribution in [2.75, 3.05) is 18.3 Å². The molecule has 0 saturated carbocycles. The summed E-state index contributed by atoms with van der Waals surface area (Å²) in [6, 6.07) is -0.0966. The largest absolute Gasteiger partial charge is 0.354 e. The van der Waals surface area contributed by atoms with Crippen molar-refractivity contribution in [3.63, 3.8) is 0 Å². The third-order valence-electron chi connectivity index (χ3n) is 2.08. The molecule has 2 N–H and O–H groups in total. The van der Waals surface area contributed by atoms with Gasteiger partial charge in [0.25, 0.3) is 0 Å². The average molecular weight is 223 g/mol. The van der Waals surface area contributed by atoms with Gasteiger partial charge in [0.15, 0.2) is 0 Å². The molecule has 0 spiro atoms. The Bertz CT molecular complexity index is 199. The van der Waals surface area contributed by atoms with Crippen LogP contribution in [0.2, 0.25) is 0 Å². The Kier molecular flexibility index (Phi) is 3.88. The van der Waals surface area contributed by atoms with Crippen molar-refractivity contribution in [2.45, 2.75) is 24.6 Å². The van der Waals surface area contributed by atoms with Crippen molar-refractivity contribution in [3.8, 4) is 0 Å². The van der Waals surface area contributed by atoms with Gasteiger partial charge in [-0.25, -0.2) is 0 Å². The first-order valence-corrected chi connectivity index (χ1v) is 5.81. The van der Waals surface area contributed by atoms with Gasteiger partial charge in [-0.15, -0.1) is 23.4 Å². The van der Waals surface area contributed by atoms with Crippen molar-refractivity contribution < 1.29 is 4.79 Å². The van der Waals surface area contributed by atoms with Crippen LogP contribution in [0.5, 0.6) is 0 Å². The van der Waals surface area contributed by atoms with Gasteiger partial charge in [-0.3, -0.25) is 10.1 Å². The minimum Gasteiger partial charge on any atom is -0.354 e. The average Bonchev–Trinajstić information content (AvgIpc) is 2.41. The van der Waals surface area contributed by atoms with E-state index in [4.69, 9.17) is 11.6 Å². The molecule has 3 nitrogen and oxygen atoms in total. The lowest BCUT2D eigenvalue weighted by Gasteiger charge is -2.24. The number of halogens is 1. The fraction of sp³-hybridized carbons (Fsp3) is 0.875. The molecule has 1 amide bonds. The highest BCUT2D eigenvalue weighted by molar-refractivity contribution is 8.00. The Morgan fingerprint density at radius 3 is 2.92 bits per heavy atom. The lowest BCUT2D eigenvalue weighted by Crippen LogP contribution is -2.49. The molecule has 0 aromatic carbocycles. The van der Waals surface area contributed by atoms with Gasteiger partial charge in [0.05, 0.1) is 0 Å². The van der Waals surface area contributed by atoms with Crippen molar-refractivity contribution in [2.24, 2.45) is 0 Å². The summed E-state index contributed by atoms with van der Waals surface area (Å²) in [5, 5.41) is 5.95. The van der Waals surface area contributed by atoms with Crippen LogP contribution in [0.3, 0.4) is 0 Å². The van der Waals surface area contributed by atoms with Gasteiger partial charge in [-0.1, -0.05) is 0 Å². The monoisotopic (exact) mass is 222 g/mol. The molecule has 1 atom stereocenters. The summed E-state index contributed by atoms with van der Waals surface area (Å²) in [6.45, 7) is 4.69. The lowest BCUT2D eigenvalue weighted by molar-refractivity contribution is -0.123. The predicted octanol–water partition coefficient (Wildman–Crippen LogP) is 0.782. The number of carbonyl (C=O) groups excluding carboxylic acids is 1. The van der Waals surface area contributed by atoms with Gasteiger partial charge in [-0.2, -0.15) is 0 Å². The number of nitrogens with one attached hydrogen (secondary N) is 2. The molecule has 5 heteroatoms. The topological polar surface area (TPSA) is 41.1 Å². The molecule has 0 aromatic heterocycles. The molecule has 0 radical (unpaired) electrons. The Balaban J connectivity index is 2.46. The van der Waals surface area contributed by atoms with Crippen LogP contribution in [0, 0.1) is 0 Å². The zero-order valence-electron chi connectivity index (χ0n) is 7.89. The highest BCUT2D eigenvalue weighted by Crippen LogP contribution is 2.32. The van der Waals surface area contributed by atoms with Crippen LogP contribution in [0.25, 0.3) is 0 Å². The van der Waals surface area contributed by atoms with E-state index in [0.29, 0.717) is 12.4 Å². The normalized spacial score (nSPS) is 25.9. The molecule has 1 saturated heterocycles. The van der Waals surface area contributed by atoms with Crippen molar-refractivity contribution in [1.82, 2.24) is 10.6 Å². The maximum absolute atomic E-state index is 11.6. The van der Waals surface area contributed by atoms with Crippen molar-refractivity contribution >= 4 is 29.3 Å². The summed E-state index contributed by atoms with van der Waals surface area (Å²) in [7, 11) is 0. The molecule has 0 aromatic rings. The number of hydrogen-bond donors (Lipinski definition) is 2. The van der Waals surface area contributed by atoms with Crippen LogP contribution in [0.15, 0.2) is 0 Å². The summed E-state index contributed by atoms with van der Waals surface area (Å²) < 4.78 is -0.0175. The summed E-state index contributed by atoms with van der Waals surface area (Å²) in [6.07, 6.45) is 0. The van der Waals surface area contributed by atoms with Crippen LogP contribution >= 0.6 is 23.4 Å². The quantitative estimate of drug-likeness (QED) is 0.694. The third kappa shape index (κ3) is 2.76. The minimum absolute atomic E-state index is 0.0175. The molecule has 1 aliphatic rings. The fourth-order valence-electron chi connectivity index (χ4n) is 1.32. The number of carbonyl (C=O) groups is 1. The van der Waals surface area contributed by atoms with Crippen molar-refractivity contribution in [3.05, 3.63) is 0 Å². The molecule has 0 bridgehead atoms. The van der Waals surface area contributed by atoms with Crippen LogP contribution in [-0.2, 0) is 4.79 Å². The zero-order chi connectivity index (χ0) is 9.90. The lowest BCUT2D eigenvalue weighted by atomic mass is 10.0. The molecule has 0 aliphatic carbocycles. The molecular weight excluding hydrogens is 208 g/mol. The predicted molar refractivity (Wildman–Crippen MR) is 57.2 cm³/mol. The second kappa shape index (κ2) is 4.53. The molecule has 76 valence electrons. The molecule has 1 fully saturated rings. The molecule has 1 aliphatic heterocycles. The smallest absolute Gasteiger partial charge is 0.238 e. The second-order valence-corrected chi connectivity index (χ2v) is 5.52. The van der Waals surface area contributed by atoms with E-state index in [0.717, 1.165) is 5.88 Å². The zero-order valence-corrected chi connectivity index (χ0v) is 9.47. The summed E-state index contributed by atoms with van der Waals surface area (Å²) in [4.78, 5) is 11.6. The van der Waals surface area contributed by atoms with E-state index in [9.17, 15) is 4.79 Å². The Labute approximate surface area is 88.0 Å². The first-order valence-electron chi connectivity index (χ1n) is 4.29. The second-order valence-electron chi connectivity index (χ2n) is 3.51. The minimum atomic E-state index is -0.0966. The Hall–Kier alpha value is 0.0700. The molecule has 0 unspecified atom stereocenters. The van der Waals surface area contributed by atoms with Gasteiger partial charge >= 0.3 is 0 Å². The first kappa shape index (κ1) is 11.1.